The van der Waals surface area contributed by atoms with Crippen LogP contribution in [-0.2, 0) is 4.46 Å². The molecule has 0 aromatic rings. The van der Waals surface area contributed by atoms with Gasteiger partial charge in [0, 0.05) is 9.17 Å². The molecule has 6 heteroatoms. The molecule has 0 N–H and O–H groups in total. The second kappa shape index (κ2) is 10.7. The molecular weight excluding hydrogens is 522 g/mol. The monoisotopic (exact) mass is 522 g/mol. The van der Waals surface area contributed by atoms with Gasteiger partial charge in [0.1, 0.15) is 0 Å². The number of rotatable bonds is 0. The van der Waals surface area contributed by atoms with Gasteiger partial charge in [-0.25, -0.2) is 0 Å². The normalized spacial score (nSPS) is 4.00. The van der Waals surface area contributed by atoms with E-state index in [2.05, 4.69) is 0 Å². The van der Waals surface area contributed by atoms with Crippen LogP contribution in [0.4, 0.5) is 0 Å². The third kappa shape index (κ3) is 29.1. The summed E-state index contributed by atoms with van der Waals surface area (Å²) in [6, 6.07) is 0. The van der Waals surface area contributed by atoms with E-state index in [-0.39, 0.29) is 99.7 Å². The Kier molecular flexibility index (Phi) is 28.5. The molecule has 0 aliphatic carbocycles. The standard InChI is InChI=1S/2Fr.O3Si/c;;1-4(2)3/q2*+1;-2. The molecule has 0 aliphatic rings. The summed E-state index contributed by atoms with van der Waals surface area (Å²) in [5.74, 6) is 0. The van der Waals surface area contributed by atoms with Crippen molar-refractivity contribution >= 4 is 9.17 Å². The van der Waals surface area contributed by atoms with Crippen molar-refractivity contribution in [2.45, 2.75) is 0 Å². The van der Waals surface area contributed by atoms with Crippen molar-refractivity contribution in [2.75, 3.05) is 0 Å². The average molecular weight is 522 g/mol. The Balaban J connectivity index is -0.0000000450. The fraction of sp³-hybridized carbons (Fsp3) is 0. The quantitative estimate of drug-likeness (QED) is 0.322. The molecule has 0 atom stereocenters. The summed E-state index contributed by atoms with van der Waals surface area (Å²) in [6.07, 6.45) is 0. The Hall–Kier alpha value is 2.81. The zero-order chi connectivity index (χ0) is 3.58. The van der Waals surface area contributed by atoms with E-state index in [9.17, 15) is 0 Å². The SMILES string of the molecule is O=[Si]([O-])[O-].[Fr+].[Fr+]. The summed E-state index contributed by atoms with van der Waals surface area (Å²) < 4.78 is 8.52. The molecule has 0 amide bonds. The van der Waals surface area contributed by atoms with E-state index in [1.807, 2.05) is 0 Å². The van der Waals surface area contributed by atoms with Gasteiger partial charge < -0.3 is 14.1 Å². The van der Waals surface area contributed by atoms with Crippen LogP contribution in [0.1, 0.15) is 0 Å². The van der Waals surface area contributed by atoms with Crippen molar-refractivity contribution < 1.29 is 114 Å². The number of hydrogen-bond acceptors (Lipinski definition) is 3. The van der Waals surface area contributed by atoms with E-state index in [0.29, 0.717) is 0 Å². The molecule has 0 heterocycles. The van der Waals surface area contributed by atoms with Crippen molar-refractivity contribution in [2.24, 2.45) is 0 Å². The molecule has 0 fully saturated rings. The van der Waals surface area contributed by atoms with E-state index >= 15 is 0 Å². The topological polar surface area (TPSA) is 63.2 Å². The minimum Gasteiger partial charge on any atom is -0.672 e. The molecule has 0 unspecified atom stereocenters. The van der Waals surface area contributed by atoms with Crippen LogP contribution in [0.15, 0.2) is 0 Å². The zero-order valence-electron chi connectivity index (χ0n) is 3.72. The van der Waals surface area contributed by atoms with Crippen LogP contribution in [0.2, 0.25) is 0 Å². The molecule has 0 spiro atoms. The summed E-state index contributed by atoms with van der Waals surface area (Å²) in [7, 11) is -3.63. The molecule has 0 aromatic heterocycles. The second-order valence-corrected chi connectivity index (χ2v) is 0.750. The molecule has 6 heavy (non-hydrogen) atoms. The first-order valence-corrected chi connectivity index (χ1v) is 1.84. The minimum atomic E-state index is -3.63. The van der Waals surface area contributed by atoms with Crippen LogP contribution in [-0.4, -0.2) is 9.17 Å². The van der Waals surface area contributed by atoms with E-state index in [4.69, 9.17) is 14.1 Å². The van der Waals surface area contributed by atoms with Crippen LogP contribution < -0.4 is 9.59 Å². The van der Waals surface area contributed by atoms with Gasteiger partial charge in [0.15, 0.2) is 0 Å². The van der Waals surface area contributed by atoms with Gasteiger partial charge in [-0.05, 0) is 0 Å². The Morgan fingerprint density at radius 3 is 1.17 bits per heavy atom. The summed E-state index contributed by atoms with van der Waals surface area (Å²) in [4.78, 5) is 17.0. The van der Waals surface area contributed by atoms with Gasteiger partial charge in [-0.2, -0.15) is 0 Å². The smallest absolute Gasteiger partial charge is 0.672 e. The maximum absolute atomic E-state index is 8.52. The van der Waals surface area contributed by atoms with Crippen molar-refractivity contribution in [1.82, 2.24) is 0 Å². The second-order valence-electron chi connectivity index (χ2n) is 0.250. The van der Waals surface area contributed by atoms with E-state index in [1.54, 1.807) is 0 Å². The molecule has 24 valence electrons. The van der Waals surface area contributed by atoms with Crippen molar-refractivity contribution in [3.05, 3.63) is 0 Å². The third-order valence-electron chi connectivity index (χ3n) is 0. The van der Waals surface area contributed by atoms with Crippen molar-refractivity contribution in [3.8, 4) is 0 Å². The first-order chi connectivity index (χ1) is 1.73. The Morgan fingerprint density at radius 2 is 1.17 bits per heavy atom. The molecule has 0 rings (SSSR count). The average Bonchev–Trinajstić information content (AvgIpc) is 0.811. The maximum atomic E-state index is 8.52. The predicted molar refractivity (Wildman–Crippen MR) is 6.44 cm³/mol. The van der Waals surface area contributed by atoms with E-state index in [1.165, 1.54) is 0 Å². The van der Waals surface area contributed by atoms with Crippen LogP contribution in [0.25, 0.3) is 0 Å². The Labute approximate surface area is 119 Å². The molecule has 3 nitrogen and oxygen atoms in total. The Morgan fingerprint density at radius 1 is 1.17 bits per heavy atom. The molecule has 0 aliphatic heterocycles. The molecular formula is Fr2O3Si. The first kappa shape index (κ1) is 15.9. The minimum absolute atomic E-state index is 0. The fourth-order valence-corrected chi connectivity index (χ4v) is 0. The fourth-order valence-electron chi connectivity index (χ4n) is 0. The third-order valence-corrected chi connectivity index (χ3v) is 0. The summed E-state index contributed by atoms with van der Waals surface area (Å²) in [6.45, 7) is 0. The molecule has 0 bridgehead atoms. The summed E-state index contributed by atoms with van der Waals surface area (Å²) in [5.41, 5.74) is 0. The number of hydrogen-bond donors (Lipinski definition) is 0. The van der Waals surface area contributed by atoms with Gasteiger partial charge in [0.25, 0.3) is 0 Å². The van der Waals surface area contributed by atoms with Gasteiger partial charge in [-0.15, -0.1) is 0 Å². The predicted octanol–water partition coefficient (Wildman–Crippen LogP) is -2.88. The van der Waals surface area contributed by atoms with Gasteiger partial charge >= 0.3 is 99.7 Å². The first-order valence-electron chi connectivity index (χ1n) is 0.612. The van der Waals surface area contributed by atoms with Gasteiger partial charge in [0.2, 0.25) is 0 Å². The Bertz CT molecular complexity index is 31.8. The summed E-state index contributed by atoms with van der Waals surface area (Å²) >= 11 is 0. The van der Waals surface area contributed by atoms with Gasteiger partial charge in [-0.1, -0.05) is 0 Å². The van der Waals surface area contributed by atoms with Crippen LogP contribution in [0.5, 0.6) is 0 Å². The van der Waals surface area contributed by atoms with Gasteiger partial charge in [0.05, 0.1) is 0 Å². The van der Waals surface area contributed by atoms with Crippen LogP contribution in [0, 0.1) is 99.7 Å². The zero-order valence-corrected chi connectivity index (χ0v) is 21.2. The van der Waals surface area contributed by atoms with Gasteiger partial charge in [-0.3, -0.25) is 0 Å². The van der Waals surface area contributed by atoms with Crippen LogP contribution >= 0.6 is 0 Å². The molecule has 0 saturated carbocycles. The molecule has 0 aromatic carbocycles. The maximum Gasteiger partial charge on any atom is 1.00 e. The van der Waals surface area contributed by atoms with E-state index in [0.717, 1.165) is 0 Å². The molecule has 0 radical (unpaired) electrons. The summed E-state index contributed by atoms with van der Waals surface area (Å²) in [5, 5.41) is 0. The van der Waals surface area contributed by atoms with E-state index < -0.39 is 9.17 Å². The molecule has 0 saturated heterocycles. The van der Waals surface area contributed by atoms with Crippen LogP contribution in [0.3, 0.4) is 0 Å². The van der Waals surface area contributed by atoms with Crippen molar-refractivity contribution in [1.29, 1.82) is 0 Å². The largest absolute Gasteiger partial charge is 1.00 e. The van der Waals surface area contributed by atoms with Crippen molar-refractivity contribution in [3.63, 3.8) is 0 Å².